The third-order valence-electron chi connectivity index (χ3n) is 9.58. The van der Waals surface area contributed by atoms with Gasteiger partial charge in [0.1, 0.15) is 6.26 Å². The van der Waals surface area contributed by atoms with Crippen molar-refractivity contribution in [3.05, 3.63) is 47.9 Å². The molecule has 1 aromatic heterocycles. The molecule has 7 heteroatoms. The molecule has 5 heterocycles. The highest BCUT2D eigenvalue weighted by atomic mass is 16.3. The molecule has 0 unspecified atom stereocenters. The molecular weight excluding hydrogens is 464 g/mol. The van der Waals surface area contributed by atoms with E-state index in [-0.39, 0.29) is 17.2 Å². The third-order valence-corrected chi connectivity index (χ3v) is 9.58. The van der Waals surface area contributed by atoms with Gasteiger partial charge in [0.25, 0.3) is 5.91 Å². The summed E-state index contributed by atoms with van der Waals surface area (Å²) in [6, 6.07) is 9.76. The highest BCUT2D eigenvalue weighted by Crippen LogP contribution is 2.43. The molecule has 0 bridgehead atoms. The zero-order valence-corrected chi connectivity index (χ0v) is 22.3. The van der Waals surface area contributed by atoms with Crippen LogP contribution in [0.15, 0.2) is 41.2 Å². The second-order valence-electron chi connectivity index (χ2n) is 11.7. The first-order chi connectivity index (χ1) is 17.9. The molecule has 0 saturated carbocycles. The van der Waals surface area contributed by atoms with Crippen LogP contribution in [0, 0.1) is 12.3 Å². The number of nitrogens with zero attached hydrogens (tertiary/aromatic N) is 4. The van der Waals surface area contributed by atoms with E-state index in [4.69, 9.17) is 4.42 Å². The average Bonchev–Trinajstić information content (AvgIpc) is 3.68. The number of aryl methyl sites for hydroxylation is 1. The molecule has 1 spiro atoms. The van der Waals surface area contributed by atoms with Gasteiger partial charge in [0.2, 0.25) is 5.91 Å². The predicted octanol–water partition coefficient (Wildman–Crippen LogP) is 4.70. The van der Waals surface area contributed by atoms with Crippen molar-refractivity contribution < 1.29 is 14.0 Å². The monoisotopic (exact) mass is 504 g/mol. The fraction of sp³-hybridized carbons (Fsp3) is 0.600. The number of rotatable bonds is 4. The summed E-state index contributed by atoms with van der Waals surface area (Å²) in [7, 11) is 0. The van der Waals surface area contributed by atoms with E-state index in [0.717, 1.165) is 51.0 Å². The number of amides is 2. The van der Waals surface area contributed by atoms with Crippen LogP contribution in [-0.2, 0) is 4.79 Å². The summed E-state index contributed by atoms with van der Waals surface area (Å²) in [5.41, 5.74) is 3.73. The fourth-order valence-corrected chi connectivity index (χ4v) is 7.35. The first-order valence-corrected chi connectivity index (χ1v) is 14.2. The summed E-state index contributed by atoms with van der Waals surface area (Å²) in [5, 5.41) is 0. The van der Waals surface area contributed by atoms with Crippen molar-refractivity contribution in [2.24, 2.45) is 5.41 Å². The van der Waals surface area contributed by atoms with E-state index in [1.54, 1.807) is 6.07 Å². The number of anilines is 2. The minimum absolute atomic E-state index is 0.00140. The molecule has 0 N–H and O–H groups in total. The van der Waals surface area contributed by atoms with E-state index in [9.17, 15) is 9.59 Å². The number of benzene rings is 1. The van der Waals surface area contributed by atoms with Crippen molar-refractivity contribution in [2.45, 2.75) is 70.9 Å². The van der Waals surface area contributed by atoms with Crippen LogP contribution in [0.4, 0.5) is 11.4 Å². The highest BCUT2D eigenvalue weighted by molar-refractivity contribution is 6.00. The Bertz CT molecular complexity index is 1140. The van der Waals surface area contributed by atoms with Crippen LogP contribution in [0.3, 0.4) is 0 Å². The molecule has 37 heavy (non-hydrogen) atoms. The van der Waals surface area contributed by atoms with Crippen molar-refractivity contribution in [3.63, 3.8) is 0 Å². The molecule has 2 atom stereocenters. The Kier molecular flexibility index (Phi) is 6.51. The maximum absolute atomic E-state index is 13.9. The van der Waals surface area contributed by atoms with Crippen molar-refractivity contribution in [1.82, 2.24) is 9.80 Å². The average molecular weight is 505 g/mol. The summed E-state index contributed by atoms with van der Waals surface area (Å²) < 4.78 is 5.09. The minimum atomic E-state index is -0.356. The lowest BCUT2D eigenvalue weighted by atomic mass is 9.71. The maximum atomic E-state index is 13.9. The fourth-order valence-electron chi connectivity index (χ4n) is 7.35. The molecule has 4 aliphatic heterocycles. The largest absolute Gasteiger partial charge is 0.472 e. The number of carbonyl (C=O) groups excluding carboxylic acids is 2. The minimum Gasteiger partial charge on any atom is -0.472 e. The molecule has 198 valence electrons. The normalized spacial score (nSPS) is 26.4. The van der Waals surface area contributed by atoms with Gasteiger partial charge in [0.05, 0.1) is 17.2 Å². The zero-order valence-electron chi connectivity index (χ0n) is 22.3. The Morgan fingerprint density at radius 3 is 2.54 bits per heavy atom. The second kappa shape index (κ2) is 9.82. The molecule has 1 aromatic carbocycles. The topological polar surface area (TPSA) is 60.2 Å². The number of hydrogen-bond donors (Lipinski definition) is 0. The van der Waals surface area contributed by atoms with Gasteiger partial charge in [-0.05, 0) is 95.2 Å². The van der Waals surface area contributed by atoms with Gasteiger partial charge in [0, 0.05) is 56.2 Å². The summed E-state index contributed by atoms with van der Waals surface area (Å²) in [6.07, 6.45) is 10.3. The highest BCUT2D eigenvalue weighted by Gasteiger charge is 2.47. The van der Waals surface area contributed by atoms with E-state index in [0.29, 0.717) is 30.7 Å². The van der Waals surface area contributed by atoms with Crippen molar-refractivity contribution in [1.29, 1.82) is 0 Å². The lowest BCUT2D eigenvalue weighted by Gasteiger charge is -2.46. The molecule has 0 radical (unpaired) electrons. The first-order valence-electron chi connectivity index (χ1n) is 14.2. The van der Waals surface area contributed by atoms with Crippen LogP contribution in [-0.4, -0.2) is 73.0 Å². The first kappa shape index (κ1) is 24.5. The molecule has 7 nitrogen and oxygen atoms in total. The Morgan fingerprint density at radius 2 is 1.84 bits per heavy atom. The molecule has 2 amide bonds. The van der Waals surface area contributed by atoms with Gasteiger partial charge in [-0.25, -0.2) is 0 Å². The van der Waals surface area contributed by atoms with Crippen LogP contribution in [0.2, 0.25) is 0 Å². The molecule has 4 aliphatic rings. The predicted molar refractivity (Wildman–Crippen MR) is 145 cm³/mol. The number of carbonyl (C=O) groups is 2. The number of piperidine rings is 2. The lowest BCUT2D eigenvalue weighted by molar-refractivity contribution is -0.133. The summed E-state index contributed by atoms with van der Waals surface area (Å²) >= 11 is 0. The van der Waals surface area contributed by atoms with Crippen LogP contribution < -0.4 is 9.80 Å². The van der Waals surface area contributed by atoms with Crippen molar-refractivity contribution >= 4 is 23.2 Å². The van der Waals surface area contributed by atoms with Crippen LogP contribution in [0.25, 0.3) is 0 Å². The van der Waals surface area contributed by atoms with E-state index in [1.165, 1.54) is 49.6 Å². The van der Waals surface area contributed by atoms with E-state index < -0.39 is 0 Å². The van der Waals surface area contributed by atoms with Gasteiger partial charge in [-0.1, -0.05) is 0 Å². The molecular formula is C30H40N4O3. The lowest BCUT2D eigenvalue weighted by Crippen LogP contribution is -2.54. The standard InChI is InChI=1S/C30H40N4O3/c1-22-19-25(32-15-8-26(20-32)33-13-3-5-23(33)2)6-7-27(22)34-14-4-10-30(29(34)36)11-16-31(17-12-30)28(35)24-9-18-37-21-24/h6-7,9,18-19,21,23,26H,3-5,8,10-17,20H2,1-2H3/t23-,26-/m0/s1. The number of hydrogen-bond acceptors (Lipinski definition) is 5. The number of furan rings is 1. The van der Waals surface area contributed by atoms with E-state index >= 15 is 0 Å². The maximum Gasteiger partial charge on any atom is 0.257 e. The molecule has 6 rings (SSSR count). The Morgan fingerprint density at radius 1 is 1.00 bits per heavy atom. The zero-order chi connectivity index (χ0) is 25.6. The van der Waals surface area contributed by atoms with Crippen LogP contribution >= 0.6 is 0 Å². The van der Waals surface area contributed by atoms with Gasteiger partial charge < -0.3 is 19.1 Å². The summed E-state index contributed by atoms with van der Waals surface area (Å²) in [4.78, 5) is 35.8. The van der Waals surface area contributed by atoms with Crippen molar-refractivity contribution in [3.8, 4) is 0 Å². The smallest absolute Gasteiger partial charge is 0.257 e. The quantitative estimate of drug-likeness (QED) is 0.604. The van der Waals surface area contributed by atoms with E-state index in [1.807, 2.05) is 9.80 Å². The van der Waals surface area contributed by atoms with Crippen molar-refractivity contribution in [2.75, 3.05) is 49.1 Å². The Labute approximate surface area is 220 Å². The van der Waals surface area contributed by atoms with Gasteiger partial charge in [-0.2, -0.15) is 0 Å². The van der Waals surface area contributed by atoms with Gasteiger partial charge in [0.15, 0.2) is 0 Å². The second-order valence-corrected chi connectivity index (χ2v) is 11.7. The van der Waals surface area contributed by atoms with Gasteiger partial charge in [-0.3, -0.25) is 14.5 Å². The van der Waals surface area contributed by atoms with Gasteiger partial charge in [-0.15, -0.1) is 0 Å². The Balaban J connectivity index is 1.13. The molecule has 4 saturated heterocycles. The SMILES string of the molecule is Cc1cc(N2CC[C@H](N3CCC[C@@H]3C)C2)ccc1N1CCCC2(CCN(C(=O)c3ccoc3)CC2)C1=O. The molecule has 4 fully saturated rings. The number of likely N-dealkylation sites (tertiary alicyclic amines) is 2. The van der Waals surface area contributed by atoms with E-state index in [2.05, 4.69) is 41.8 Å². The summed E-state index contributed by atoms with van der Waals surface area (Å²) in [6.45, 7) is 9.98. The molecule has 2 aromatic rings. The Hall–Kier alpha value is -2.80. The summed E-state index contributed by atoms with van der Waals surface area (Å²) in [5.74, 6) is 0.243. The van der Waals surface area contributed by atoms with Gasteiger partial charge >= 0.3 is 0 Å². The van der Waals surface area contributed by atoms with Crippen LogP contribution in [0.1, 0.15) is 67.8 Å². The molecule has 0 aliphatic carbocycles. The van der Waals surface area contributed by atoms with Crippen LogP contribution in [0.5, 0.6) is 0 Å². The third kappa shape index (κ3) is 4.45.